The lowest BCUT2D eigenvalue weighted by Gasteiger charge is -2.41. The number of hydrazone groups is 1. The Hall–Kier alpha value is -3.56. The fraction of sp³-hybridized carbons (Fsp3) is 0.321. The summed E-state index contributed by atoms with van der Waals surface area (Å²) in [6.07, 6.45) is 5.41. The van der Waals surface area contributed by atoms with Crippen LogP contribution in [0, 0.1) is 17.0 Å². The average Bonchev–Trinajstić information content (AvgIpc) is 3.31. The zero-order valence-electron chi connectivity index (χ0n) is 20.7. The van der Waals surface area contributed by atoms with Gasteiger partial charge in [-0.3, -0.25) is 15.4 Å². The van der Waals surface area contributed by atoms with Gasteiger partial charge in [0.1, 0.15) is 0 Å². The first-order valence-corrected chi connectivity index (χ1v) is 14.0. The Balaban J connectivity index is 1.69. The molecule has 1 heterocycles. The summed E-state index contributed by atoms with van der Waals surface area (Å²) in [7, 11) is -4.08. The number of non-ortho nitro benzene ring substituents is 1. The van der Waals surface area contributed by atoms with Crippen LogP contribution < -0.4 is 5.32 Å². The quantitative estimate of drug-likeness (QED) is 0.330. The van der Waals surface area contributed by atoms with Gasteiger partial charge in [0.15, 0.2) is 5.66 Å². The van der Waals surface area contributed by atoms with Crippen LogP contribution in [0.3, 0.4) is 0 Å². The lowest BCUT2D eigenvalue weighted by atomic mass is 9.88. The minimum atomic E-state index is -4.08. The molecule has 0 amide bonds. The zero-order chi connectivity index (χ0) is 26.0. The first-order valence-electron chi connectivity index (χ1n) is 12.6. The standard InChI is InChI=1S/C28H30N4O4S/c1-21-12-18-26(19-13-21)37(35,36)32-28(29-24-10-6-3-7-11-24,23-14-16-25(17-15-23)31(33)34)20-27(30-32)22-8-4-2-5-9-22/h2,4-5,8-9,12-19,24,29H,3,6-7,10-11,20H2,1H3/t28-/m1/s1. The van der Waals surface area contributed by atoms with Gasteiger partial charge in [0.2, 0.25) is 0 Å². The number of nitrogens with one attached hydrogen (secondary N) is 1. The van der Waals surface area contributed by atoms with Crippen molar-refractivity contribution in [2.24, 2.45) is 5.10 Å². The molecule has 1 saturated carbocycles. The Bertz CT molecular complexity index is 1400. The van der Waals surface area contributed by atoms with Crippen molar-refractivity contribution in [2.45, 2.75) is 62.0 Å². The monoisotopic (exact) mass is 518 g/mol. The van der Waals surface area contributed by atoms with Crippen molar-refractivity contribution in [3.8, 4) is 0 Å². The van der Waals surface area contributed by atoms with Gasteiger partial charge in [-0.1, -0.05) is 67.3 Å². The van der Waals surface area contributed by atoms with E-state index in [0.29, 0.717) is 11.3 Å². The summed E-state index contributed by atoms with van der Waals surface area (Å²) in [5.74, 6) is 0. The molecule has 0 bridgehead atoms. The van der Waals surface area contributed by atoms with Crippen LogP contribution in [-0.2, 0) is 15.7 Å². The first kappa shape index (κ1) is 25.1. The Morgan fingerprint density at radius 1 is 0.946 bits per heavy atom. The molecule has 9 heteroatoms. The molecule has 1 aliphatic carbocycles. The number of rotatable bonds is 7. The number of nitro benzene ring substituents is 1. The van der Waals surface area contributed by atoms with E-state index in [2.05, 4.69) is 5.32 Å². The summed E-state index contributed by atoms with van der Waals surface area (Å²) < 4.78 is 29.6. The molecule has 5 rings (SSSR count). The second kappa shape index (κ2) is 10.1. The van der Waals surface area contributed by atoms with E-state index in [0.717, 1.165) is 43.2 Å². The molecule has 0 radical (unpaired) electrons. The number of nitrogens with zero attached hydrogens (tertiary/aromatic N) is 3. The summed E-state index contributed by atoms with van der Waals surface area (Å²) in [6.45, 7) is 1.91. The molecule has 1 aliphatic heterocycles. The second-order valence-electron chi connectivity index (χ2n) is 9.79. The highest BCUT2D eigenvalue weighted by molar-refractivity contribution is 7.89. The molecule has 0 saturated heterocycles. The maximum absolute atomic E-state index is 14.2. The predicted octanol–water partition coefficient (Wildman–Crippen LogP) is 5.48. The summed E-state index contributed by atoms with van der Waals surface area (Å²) >= 11 is 0. The maximum Gasteiger partial charge on any atom is 0.281 e. The van der Waals surface area contributed by atoms with E-state index < -0.39 is 20.6 Å². The highest BCUT2D eigenvalue weighted by Gasteiger charge is 2.51. The van der Waals surface area contributed by atoms with Crippen LogP contribution >= 0.6 is 0 Å². The van der Waals surface area contributed by atoms with Gasteiger partial charge in [-0.2, -0.15) is 17.9 Å². The van der Waals surface area contributed by atoms with Crippen molar-refractivity contribution in [2.75, 3.05) is 0 Å². The molecule has 3 aromatic carbocycles. The van der Waals surface area contributed by atoms with Gasteiger partial charge < -0.3 is 0 Å². The van der Waals surface area contributed by atoms with Crippen LogP contribution in [0.4, 0.5) is 5.69 Å². The Labute approximate surface area is 217 Å². The Morgan fingerprint density at radius 2 is 1.59 bits per heavy atom. The second-order valence-corrected chi connectivity index (χ2v) is 11.6. The van der Waals surface area contributed by atoms with Crippen molar-refractivity contribution in [1.29, 1.82) is 0 Å². The van der Waals surface area contributed by atoms with Gasteiger partial charge in [0.25, 0.3) is 15.7 Å². The topological polar surface area (TPSA) is 105 Å². The van der Waals surface area contributed by atoms with Crippen molar-refractivity contribution in [3.05, 3.63) is 106 Å². The van der Waals surface area contributed by atoms with Crippen LogP contribution in [0.25, 0.3) is 0 Å². The summed E-state index contributed by atoms with van der Waals surface area (Å²) in [4.78, 5) is 11.1. The van der Waals surface area contributed by atoms with Gasteiger partial charge in [-0.25, -0.2) is 0 Å². The summed E-state index contributed by atoms with van der Waals surface area (Å²) in [6, 6.07) is 22.5. The normalized spacial score (nSPS) is 20.6. The molecular formula is C28H30N4O4S. The summed E-state index contributed by atoms with van der Waals surface area (Å²) in [5.41, 5.74) is 1.77. The zero-order valence-corrected chi connectivity index (χ0v) is 21.5. The molecule has 0 unspecified atom stereocenters. The van der Waals surface area contributed by atoms with Gasteiger partial charge in [0.05, 0.1) is 15.5 Å². The molecule has 1 N–H and O–H groups in total. The van der Waals surface area contributed by atoms with E-state index in [-0.39, 0.29) is 23.0 Å². The number of hydrogen-bond acceptors (Lipinski definition) is 6. The molecule has 0 aromatic heterocycles. The van der Waals surface area contributed by atoms with Gasteiger partial charge in [-0.15, -0.1) is 0 Å². The molecule has 1 fully saturated rings. The lowest BCUT2D eigenvalue weighted by molar-refractivity contribution is -0.384. The predicted molar refractivity (Wildman–Crippen MR) is 143 cm³/mol. The van der Waals surface area contributed by atoms with E-state index in [1.807, 2.05) is 37.3 Å². The van der Waals surface area contributed by atoms with Crippen LogP contribution in [0.15, 0.2) is 88.9 Å². The van der Waals surface area contributed by atoms with Crippen molar-refractivity contribution in [1.82, 2.24) is 9.73 Å². The smallest absolute Gasteiger partial charge is 0.281 e. The van der Waals surface area contributed by atoms with Crippen LogP contribution in [-0.4, -0.2) is 29.5 Å². The molecule has 192 valence electrons. The third-order valence-electron chi connectivity index (χ3n) is 7.22. The fourth-order valence-electron chi connectivity index (χ4n) is 5.25. The molecular weight excluding hydrogens is 488 g/mol. The number of aryl methyl sites for hydroxylation is 1. The maximum atomic E-state index is 14.2. The number of benzene rings is 3. The highest BCUT2D eigenvalue weighted by atomic mass is 32.2. The van der Waals surface area contributed by atoms with Gasteiger partial charge in [0, 0.05) is 24.6 Å². The Morgan fingerprint density at radius 3 is 2.22 bits per heavy atom. The molecule has 8 nitrogen and oxygen atoms in total. The van der Waals surface area contributed by atoms with Crippen LogP contribution in [0.1, 0.15) is 55.2 Å². The largest absolute Gasteiger partial charge is 0.286 e. The Kier molecular flexibility index (Phi) is 6.83. The van der Waals surface area contributed by atoms with E-state index in [9.17, 15) is 18.5 Å². The SMILES string of the molecule is Cc1ccc(S(=O)(=O)N2N=C(c3ccccc3)C[C@]2(NC2CCCCC2)c2ccc([N+](=O)[O-])cc2)cc1. The van der Waals surface area contributed by atoms with Crippen molar-refractivity contribution in [3.63, 3.8) is 0 Å². The fourth-order valence-corrected chi connectivity index (χ4v) is 6.76. The third kappa shape index (κ3) is 4.89. The van der Waals surface area contributed by atoms with Crippen molar-refractivity contribution < 1.29 is 13.3 Å². The third-order valence-corrected chi connectivity index (χ3v) is 8.94. The highest BCUT2D eigenvalue weighted by Crippen LogP contribution is 2.42. The molecule has 0 spiro atoms. The molecule has 37 heavy (non-hydrogen) atoms. The molecule has 3 aromatic rings. The van der Waals surface area contributed by atoms with E-state index >= 15 is 0 Å². The number of hydrogen-bond donors (Lipinski definition) is 1. The van der Waals surface area contributed by atoms with Gasteiger partial charge in [-0.05, 0) is 55.2 Å². The molecule has 2 aliphatic rings. The minimum Gasteiger partial charge on any atom is -0.286 e. The summed E-state index contributed by atoms with van der Waals surface area (Å²) in [5, 5.41) is 19.8. The van der Waals surface area contributed by atoms with E-state index in [1.165, 1.54) is 16.5 Å². The van der Waals surface area contributed by atoms with E-state index in [4.69, 9.17) is 5.10 Å². The van der Waals surface area contributed by atoms with Crippen LogP contribution in [0.2, 0.25) is 0 Å². The molecule has 1 atom stereocenters. The van der Waals surface area contributed by atoms with Crippen molar-refractivity contribution >= 4 is 21.4 Å². The number of sulfonamides is 1. The lowest BCUT2D eigenvalue weighted by Crippen LogP contribution is -2.57. The van der Waals surface area contributed by atoms with Crippen LogP contribution in [0.5, 0.6) is 0 Å². The van der Waals surface area contributed by atoms with Gasteiger partial charge >= 0.3 is 0 Å². The number of nitro groups is 1. The first-order chi connectivity index (χ1) is 17.8. The van der Waals surface area contributed by atoms with E-state index in [1.54, 1.807) is 36.4 Å². The average molecular weight is 519 g/mol. The minimum absolute atomic E-state index is 0.0493.